The molecule has 110 valence electrons. The molecule has 22 heavy (non-hydrogen) atoms. The minimum atomic E-state index is 1.01. The lowest BCUT2D eigenvalue weighted by Gasteiger charge is -2.21. The molecular formula is C19H19N3. The minimum Gasteiger partial charge on any atom is -0.372 e. The predicted molar refractivity (Wildman–Crippen MR) is 90.7 cm³/mol. The normalized spacial score (nSPS) is 13.5. The van der Waals surface area contributed by atoms with Crippen molar-refractivity contribution in [2.24, 2.45) is 0 Å². The highest BCUT2D eigenvalue weighted by Crippen LogP contribution is 2.33. The van der Waals surface area contributed by atoms with Crippen LogP contribution in [0.1, 0.15) is 11.5 Å². The third kappa shape index (κ3) is 2.01. The number of anilines is 1. The van der Waals surface area contributed by atoms with Crippen LogP contribution in [0.5, 0.6) is 0 Å². The maximum atomic E-state index is 4.49. The summed E-state index contributed by atoms with van der Waals surface area (Å²) >= 11 is 0. The lowest BCUT2D eigenvalue weighted by atomic mass is 10.0. The molecule has 0 bridgehead atoms. The second-order valence-corrected chi connectivity index (χ2v) is 5.87. The molecule has 1 aromatic heterocycles. The lowest BCUT2D eigenvalue weighted by Crippen LogP contribution is -2.19. The molecule has 0 fully saturated rings. The van der Waals surface area contributed by atoms with Gasteiger partial charge in [-0.15, -0.1) is 0 Å². The maximum absolute atomic E-state index is 4.49. The Bertz CT molecular complexity index is 818. The Morgan fingerprint density at radius 2 is 1.77 bits per heavy atom. The number of fused-ring (bicyclic) bond motifs is 3. The van der Waals surface area contributed by atoms with Crippen molar-refractivity contribution in [1.82, 2.24) is 9.55 Å². The third-order valence-corrected chi connectivity index (χ3v) is 4.45. The summed E-state index contributed by atoms with van der Waals surface area (Å²) < 4.78 is 2.29. The van der Waals surface area contributed by atoms with Crippen LogP contribution in [0.4, 0.5) is 5.69 Å². The zero-order chi connectivity index (χ0) is 15.1. The van der Waals surface area contributed by atoms with Crippen molar-refractivity contribution in [3.8, 4) is 16.8 Å². The van der Waals surface area contributed by atoms with Crippen LogP contribution in [0.15, 0.2) is 54.7 Å². The fourth-order valence-electron chi connectivity index (χ4n) is 3.23. The number of benzene rings is 2. The van der Waals surface area contributed by atoms with Gasteiger partial charge < -0.3 is 4.90 Å². The van der Waals surface area contributed by atoms with E-state index in [1.54, 1.807) is 0 Å². The zero-order valence-electron chi connectivity index (χ0n) is 13.0. The van der Waals surface area contributed by atoms with E-state index in [1.807, 2.05) is 6.20 Å². The standard InChI is InChI=1S/C19H19N3/c1-14-20-13-17-10-11-21(2)19-12-16(8-9-18(19)22(14)17)15-6-4-3-5-7-15/h3-9,12-13H,10-11H2,1-2H3. The van der Waals surface area contributed by atoms with Crippen LogP contribution in [-0.2, 0) is 6.42 Å². The predicted octanol–water partition coefficient (Wildman–Crippen LogP) is 3.84. The van der Waals surface area contributed by atoms with Crippen LogP contribution in [0.2, 0.25) is 0 Å². The molecular weight excluding hydrogens is 270 g/mol. The Labute approximate surface area is 130 Å². The highest BCUT2D eigenvalue weighted by Gasteiger charge is 2.19. The molecule has 3 heteroatoms. The van der Waals surface area contributed by atoms with Gasteiger partial charge in [-0.3, -0.25) is 4.57 Å². The van der Waals surface area contributed by atoms with Gasteiger partial charge in [-0.05, 0) is 30.2 Å². The maximum Gasteiger partial charge on any atom is 0.110 e. The second kappa shape index (κ2) is 5.02. The quantitative estimate of drug-likeness (QED) is 0.678. The van der Waals surface area contributed by atoms with Crippen molar-refractivity contribution < 1.29 is 0 Å². The first-order valence-electron chi connectivity index (χ1n) is 7.68. The average Bonchev–Trinajstić information content (AvgIpc) is 2.86. The van der Waals surface area contributed by atoms with Crippen molar-refractivity contribution in [1.29, 1.82) is 0 Å². The Morgan fingerprint density at radius 3 is 2.59 bits per heavy atom. The number of likely N-dealkylation sites (N-methyl/N-ethyl adjacent to an activating group) is 1. The number of hydrogen-bond acceptors (Lipinski definition) is 2. The Morgan fingerprint density at radius 1 is 0.955 bits per heavy atom. The van der Waals surface area contributed by atoms with Crippen LogP contribution in [0.25, 0.3) is 16.8 Å². The van der Waals surface area contributed by atoms with Gasteiger partial charge in [0.05, 0.1) is 11.4 Å². The Kier molecular flexibility index (Phi) is 3.00. The van der Waals surface area contributed by atoms with E-state index in [1.165, 1.54) is 28.2 Å². The van der Waals surface area contributed by atoms with Crippen LogP contribution in [-0.4, -0.2) is 23.1 Å². The van der Waals surface area contributed by atoms with E-state index in [0.717, 1.165) is 18.8 Å². The van der Waals surface area contributed by atoms with Crippen LogP contribution in [0.3, 0.4) is 0 Å². The fraction of sp³-hybridized carbons (Fsp3) is 0.211. The minimum absolute atomic E-state index is 1.01. The summed E-state index contributed by atoms with van der Waals surface area (Å²) in [5.41, 5.74) is 6.29. The average molecular weight is 289 g/mol. The van der Waals surface area contributed by atoms with Crippen molar-refractivity contribution in [2.45, 2.75) is 13.3 Å². The van der Waals surface area contributed by atoms with Gasteiger partial charge in [0.2, 0.25) is 0 Å². The van der Waals surface area contributed by atoms with Gasteiger partial charge in [0.25, 0.3) is 0 Å². The molecule has 4 rings (SSSR count). The van der Waals surface area contributed by atoms with Crippen LogP contribution < -0.4 is 4.90 Å². The summed E-state index contributed by atoms with van der Waals surface area (Å²) in [6.45, 7) is 3.08. The molecule has 0 amide bonds. The number of rotatable bonds is 1. The van der Waals surface area contributed by atoms with Crippen molar-refractivity contribution in [3.63, 3.8) is 0 Å². The molecule has 0 saturated heterocycles. The molecule has 0 saturated carbocycles. The van der Waals surface area contributed by atoms with E-state index < -0.39 is 0 Å². The molecule has 2 heterocycles. The summed E-state index contributed by atoms with van der Waals surface area (Å²) in [4.78, 5) is 6.83. The zero-order valence-corrected chi connectivity index (χ0v) is 13.0. The van der Waals surface area contributed by atoms with E-state index in [2.05, 4.69) is 77.0 Å². The van der Waals surface area contributed by atoms with Crippen LogP contribution >= 0.6 is 0 Å². The number of hydrogen-bond donors (Lipinski definition) is 0. The summed E-state index contributed by atoms with van der Waals surface area (Å²) in [7, 11) is 2.17. The second-order valence-electron chi connectivity index (χ2n) is 5.87. The molecule has 3 nitrogen and oxygen atoms in total. The fourth-order valence-corrected chi connectivity index (χ4v) is 3.23. The first-order valence-corrected chi connectivity index (χ1v) is 7.68. The molecule has 1 aliphatic heterocycles. The largest absolute Gasteiger partial charge is 0.372 e. The SMILES string of the molecule is Cc1ncc2n1-c1ccc(-c3ccccc3)cc1N(C)CC2. The highest BCUT2D eigenvalue weighted by atomic mass is 15.2. The topological polar surface area (TPSA) is 21.1 Å². The number of aromatic nitrogens is 2. The molecule has 0 radical (unpaired) electrons. The van der Waals surface area contributed by atoms with Gasteiger partial charge in [0, 0.05) is 31.9 Å². The molecule has 3 aromatic rings. The molecule has 0 unspecified atom stereocenters. The van der Waals surface area contributed by atoms with Gasteiger partial charge in [-0.2, -0.15) is 0 Å². The van der Waals surface area contributed by atoms with E-state index in [9.17, 15) is 0 Å². The number of nitrogens with zero attached hydrogens (tertiary/aromatic N) is 3. The Balaban J connectivity index is 1.91. The number of aryl methyl sites for hydroxylation is 1. The molecule has 2 aromatic carbocycles. The van der Waals surface area contributed by atoms with Crippen molar-refractivity contribution >= 4 is 5.69 Å². The molecule has 1 aliphatic rings. The first-order chi connectivity index (χ1) is 10.7. The number of imidazole rings is 1. The van der Waals surface area contributed by atoms with Crippen LogP contribution in [0, 0.1) is 6.92 Å². The summed E-state index contributed by atoms with van der Waals surface area (Å²) in [5, 5.41) is 0. The van der Waals surface area contributed by atoms with E-state index in [0.29, 0.717) is 0 Å². The van der Waals surface area contributed by atoms with E-state index in [-0.39, 0.29) is 0 Å². The molecule has 0 spiro atoms. The van der Waals surface area contributed by atoms with Gasteiger partial charge in [0.15, 0.2) is 0 Å². The smallest absolute Gasteiger partial charge is 0.110 e. The van der Waals surface area contributed by atoms with Crippen molar-refractivity contribution in [2.75, 3.05) is 18.5 Å². The van der Waals surface area contributed by atoms with E-state index in [4.69, 9.17) is 0 Å². The first kappa shape index (κ1) is 13.1. The van der Waals surface area contributed by atoms with Crippen molar-refractivity contribution in [3.05, 3.63) is 66.2 Å². The van der Waals surface area contributed by atoms with Gasteiger partial charge in [-0.1, -0.05) is 36.4 Å². The van der Waals surface area contributed by atoms with Gasteiger partial charge >= 0.3 is 0 Å². The molecule has 0 N–H and O–H groups in total. The Hall–Kier alpha value is -2.55. The van der Waals surface area contributed by atoms with Gasteiger partial charge in [0.1, 0.15) is 5.82 Å². The molecule has 0 aliphatic carbocycles. The monoisotopic (exact) mass is 289 g/mol. The summed E-state index contributed by atoms with van der Waals surface area (Å²) in [6.07, 6.45) is 3.02. The summed E-state index contributed by atoms with van der Waals surface area (Å²) in [5.74, 6) is 1.05. The van der Waals surface area contributed by atoms with E-state index >= 15 is 0 Å². The molecule has 0 atom stereocenters. The lowest BCUT2D eigenvalue weighted by molar-refractivity contribution is 0.855. The van der Waals surface area contributed by atoms with Gasteiger partial charge in [-0.25, -0.2) is 4.98 Å². The highest BCUT2D eigenvalue weighted by molar-refractivity contribution is 5.75. The summed E-state index contributed by atoms with van der Waals surface area (Å²) in [6, 6.07) is 17.3. The third-order valence-electron chi connectivity index (χ3n) is 4.45.